The Hall–Kier alpha value is -1.28. The fourth-order valence-corrected chi connectivity index (χ4v) is 1.11. The van der Waals surface area contributed by atoms with Crippen LogP contribution in [-0.2, 0) is 4.74 Å². The molecule has 0 amide bonds. The number of ether oxygens (including phenoxy) is 1. The lowest BCUT2D eigenvalue weighted by atomic mass is 10.1. The molecule has 0 aliphatic carbocycles. The van der Waals surface area contributed by atoms with E-state index in [2.05, 4.69) is 13.2 Å². The molecule has 0 saturated heterocycles. The number of allylic oxidation sites excluding steroid dienone is 2. The van der Waals surface area contributed by atoms with E-state index in [1.165, 1.54) is 0 Å². The van der Waals surface area contributed by atoms with E-state index in [0.717, 1.165) is 0 Å². The van der Waals surface area contributed by atoms with E-state index in [1.807, 2.05) is 0 Å². The molecule has 1 unspecified atom stereocenters. The summed E-state index contributed by atoms with van der Waals surface area (Å²) in [4.78, 5) is 0. The highest BCUT2D eigenvalue weighted by atomic mass is 16.5. The van der Waals surface area contributed by atoms with Crippen molar-refractivity contribution in [1.82, 2.24) is 0 Å². The Labute approximate surface area is 72.2 Å². The Bertz CT molecular complexity index is 272. The van der Waals surface area contributed by atoms with Gasteiger partial charge in [0, 0.05) is 5.57 Å². The molecule has 1 aliphatic rings. The molecule has 0 aromatic heterocycles. The summed E-state index contributed by atoms with van der Waals surface area (Å²) in [5.41, 5.74) is 0.663. The van der Waals surface area contributed by atoms with Crippen LogP contribution in [-0.4, -0.2) is 11.2 Å². The second-order valence-corrected chi connectivity index (χ2v) is 2.55. The van der Waals surface area contributed by atoms with Crippen LogP contribution in [0.25, 0.3) is 0 Å². The molecule has 1 rings (SSSR count). The van der Waals surface area contributed by atoms with Crippen molar-refractivity contribution in [2.75, 3.05) is 0 Å². The highest BCUT2D eigenvalue weighted by Gasteiger charge is 2.16. The fourth-order valence-electron chi connectivity index (χ4n) is 1.11. The molecule has 2 heteroatoms. The first kappa shape index (κ1) is 8.81. The number of aliphatic hydroxyl groups is 1. The molecule has 0 saturated carbocycles. The number of hydrogen-bond donors (Lipinski definition) is 1. The van der Waals surface area contributed by atoms with E-state index in [4.69, 9.17) is 4.74 Å². The number of aliphatic hydroxyl groups excluding tert-OH is 1. The van der Waals surface area contributed by atoms with Crippen molar-refractivity contribution in [1.29, 1.82) is 0 Å². The zero-order chi connectivity index (χ0) is 9.14. The molecular formula is C10H12O2. The highest BCUT2D eigenvalue weighted by molar-refractivity contribution is 5.36. The lowest BCUT2D eigenvalue weighted by Gasteiger charge is -2.19. The SMILES string of the molecule is C=CC1=C(C=C)C(O)C=C(C)O1. The van der Waals surface area contributed by atoms with Crippen molar-refractivity contribution < 1.29 is 9.84 Å². The molecule has 2 nitrogen and oxygen atoms in total. The maximum absolute atomic E-state index is 9.51. The van der Waals surface area contributed by atoms with Gasteiger partial charge in [-0.15, -0.1) is 0 Å². The molecule has 0 fully saturated rings. The predicted molar refractivity (Wildman–Crippen MR) is 48.3 cm³/mol. The first-order chi connectivity index (χ1) is 5.69. The summed E-state index contributed by atoms with van der Waals surface area (Å²) >= 11 is 0. The summed E-state index contributed by atoms with van der Waals surface area (Å²) in [6.07, 6.45) is 4.15. The third-order valence-corrected chi connectivity index (χ3v) is 1.67. The molecule has 1 aliphatic heterocycles. The standard InChI is InChI=1S/C10H12O2/c1-4-8-9(11)6-7(3)12-10(8)5-2/h4-6,9,11H,1-2H2,3H3. The maximum atomic E-state index is 9.51. The predicted octanol–water partition coefficient (Wildman–Crippen LogP) is 1.91. The van der Waals surface area contributed by atoms with E-state index >= 15 is 0 Å². The van der Waals surface area contributed by atoms with Crippen molar-refractivity contribution in [2.45, 2.75) is 13.0 Å². The van der Waals surface area contributed by atoms with Crippen LogP contribution in [0.1, 0.15) is 6.92 Å². The Morgan fingerprint density at radius 3 is 2.67 bits per heavy atom. The molecule has 12 heavy (non-hydrogen) atoms. The van der Waals surface area contributed by atoms with E-state index in [9.17, 15) is 5.11 Å². The van der Waals surface area contributed by atoms with Crippen molar-refractivity contribution in [3.05, 3.63) is 48.5 Å². The Kier molecular flexibility index (Phi) is 2.51. The second-order valence-electron chi connectivity index (χ2n) is 2.55. The zero-order valence-corrected chi connectivity index (χ0v) is 7.08. The van der Waals surface area contributed by atoms with E-state index < -0.39 is 6.10 Å². The van der Waals surface area contributed by atoms with E-state index in [0.29, 0.717) is 17.1 Å². The highest BCUT2D eigenvalue weighted by Crippen LogP contribution is 2.23. The Morgan fingerprint density at radius 2 is 2.17 bits per heavy atom. The van der Waals surface area contributed by atoms with Crippen LogP contribution in [0.2, 0.25) is 0 Å². The maximum Gasteiger partial charge on any atom is 0.132 e. The summed E-state index contributed by atoms with van der Waals surface area (Å²) < 4.78 is 5.30. The van der Waals surface area contributed by atoms with Gasteiger partial charge in [-0.25, -0.2) is 0 Å². The van der Waals surface area contributed by atoms with Crippen LogP contribution in [0.5, 0.6) is 0 Å². The Morgan fingerprint density at radius 1 is 1.50 bits per heavy atom. The molecule has 1 N–H and O–H groups in total. The molecule has 0 aromatic rings. The van der Waals surface area contributed by atoms with Crippen LogP contribution in [0.3, 0.4) is 0 Å². The van der Waals surface area contributed by atoms with Crippen LogP contribution in [0.4, 0.5) is 0 Å². The molecule has 1 atom stereocenters. The summed E-state index contributed by atoms with van der Waals surface area (Å²) in [5, 5.41) is 9.51. The minimum Gasteiger partial charge on any atom is -0.462 e. The minimum absolute atomic E-state index is 0.581. The van der Waals surface area contributed by atoms with Crippen LogP contribution >= 0.6 is 0 Å². The van der Waals surface area contributed by atoms with Gasteiger partial charge < -0.3 is 9.84 Å². The van der Waals surface area contributed by atoms with Crippen LogP contribution in [0.15, 0.2) is 48.5 Å². The van der Waals surface area contributed by atoms with E-state index in [1.54, 1.807) is 25.2 Å². The summed E-state index contributed by atoms with van der Waals surface area (Å²) in [5.74, 6) is 1.26. The smallest absolute Gasteiger partial charge is 0.132 e. The molecule has 0 spiro atoms. The quantitative estimate of drug-likeness (QED) is 0.675. The van der Waals surface area contributed by atoms with Gasteiger partial charge >= 0.3 is 0 Å². The molecule has 0 bridgehead atoms. The van der Waals surface area contributed by atoms with Gasteiger partial charge in [0.05, 0.1) is 5.76 Å². The molecule has 0 aromatic carbocycles. The van der Waals surface area contributed by atoms with Gasteiger partial charge in [0.15, 0.2) is 0 Å². The minimum atomic E-state index is -0.621. The average molecular weight is 164 g/mol. The van der Waals surface area contributed by atoms with Gasteiger partial charge in [-0.05, 0) is 19.1 Å². The van der Waals surface area contributed by atoms with Gasteiger partial charge in [-0.1, -0.05) is 19.2 Å². The summed E-state index contributed by atoms with van der Waals surface area (Å²) in [7, 11) is 0. The second kappa shape index (κ2) is 3.41. The summed E-state index contributed by atoms with van der Waals surface area (Å²) in [6.45, 7) is 8.95. The molecular weight excluding hydrogens is 152 g/mol. The molecule has 64 valence electrons. The first-order valence-corrected chi connectivity index (χ1v) is 3.72. The lowest BCUT2D eigenvalue weighted by molar-refractivity contribution is 0.218. The normalized spacial score (nSPS) is 22.8. The van der Waals surface area contributed by atoms with Gasteiger partial charge in [-0.2, -0.15) is 0 Å². The van der Waals surface area contributed by atoms with Crippen LogP contribution in [0, 0.1) is 0 Å². The first-order valence-electron chi connectivity index (χ1n) is 3.72. The largest absolute Gasteiger partial charge is 0.462 e. The summed E-state index contributed by atoms with van der Waals surface area (Å²) in [6, 6.07) is 0. The van der Waals surface area contributed by atoms with Crippen molar-refractivity contribution in [3.8, 4) is 0 Å². The lowest BCUT2D eigenvalue weighted by Crippen LogP contribution is -2.14. The van der Waals surface area contributed by atoms with Gasteiger partial charge in [0.1, 0.15) is 11.9 Å². The third kappa shape index (κ3) is 1.48. The number of hydrogen-bond acceptors (Lipinski definition) is 2. The van der Waals surface area contributed by atoms with Gasteiger partial charge in [0.25, 0.3) is 0 Å². The van der Waals surface area contributed by atoms with Crippen molar-refractivity contribution in [2.24, 2.45) is 0 Å². The Balaban J connectivity index is 3.03. The topological polar surface area (TPSA) is 29.5 Å². The molecule has 0 radical (unpaired) electrons. The molecule has 1 heterocycles. The third-order valence-electron chi connectivity index (χ3n) is 1.67. The number of rotatable bonds is 2. The van der Waals surface area contributed by atoms with Gasteiger partial charge in [0.2, 0.25) is 0 Å². The monoisotopic (exact) mass is 164 g/mol. The van der Waals surface area contributed by atoms with Crippen molar-refractivity contribution >= 4 is 0 Å². The average Bonchev–Trinajstić information content (AvgIpc) is 2.03. The van der Waals surface area contributed by atoms with E-state index in [-0.39, 0.29) is 0 Å². The fraction of sp³-hybridized carbons (Fsp3) is 0.200. The van der Waals surface area contributed by atoms with Crippen LogP contribution < -0.4 is 0 Å². The van der Waals surface area contributed by atoms with Crippen molar-refractivity contribution in [3.63, 3.8) is 0 Å². The van der Waals surface area contributed by atoms with Gasteiger partial charge in [-0.3, -0.25) is 0 Å². The zero-order valence-electron chi connectivity index (χ0n) is 7.08.